The molecule has 0 aliphatic carbocycles. The van der Waals surface area contributed by atoms with Gasteiger partial charge in [-0.2, -0.15) is 4.37 Å². The zero-order valence-corrected chi connectivity index (χ0v) is 4.97. The largest absolute Gasteiger partial charge is 0.232 e. The van der Waals surface area contributed by atoms with Crippen molar-refractivity contribution in [3.8, 4) is 0 Å². The monoisotopic (exact) mass is 129 g/mol. The predicted octanol–water partition coefficient (Wildman–Crippen LogP) is 1.24. The van der Waals surface area contributed by atoms with Crippen LogP contribution in [0.15, 0.2) is 5.18 Å². The van der Waals surface area contributed by atoms with Gasteiger partial charge in [-0.05, 0) is 12.1 Å². The molecule has 0 saturated carbocycles. The van der Waals surface area contributed by atoms with E-state index in [1.807, 2.05) is 0 Å². The van der Waals surface area contributed by atoms with E-state index >= 15 is 0 Å². The summed E-state index contributed by atoms with van der Waals surface area (Å²) in [7, 11) is 0. The minimum absolute atomic E-state index is 0.204. The van der Waals surface area contributed by atoms with E-state index in [0.29, 0.717) is 5.69 Å². The van der Waals surface area contributed by atoms with E-state index in [-0.39, 0.29) is 5.82 Å². The van der Waals surface area contributed by atoms with E-state index in [1.165, 1.54) is 0 Å². The molecule has 1 rings (SSSR count). The van der Waals surface area contributed by atoms with Gasteiger partial charge in [0.05, 0.1) is 11.7 Å². The van der Waals surface area contributed by atoms with Crippen molar-refractivity contribution in [2.45, 2.75) is 6.92 Å². The molecule has 1 aromatic rings. The molecule has 0 saturated heterocycles. The standard InChI is InChI=1S/C3H3N3OS/c1-2-3(4-7)6-8-5-2/h1H3. The quantitative estimate of drug-likeness (QED) is 0.536. The lowest BCUT2D eigenvalue weighted by Crippen LogP contribution is -1.65. The Morgan fingerprint density at radius 3 is 2.62 bits per heavy atom. The molecule has 4 nitrogen and oxygen atoms in total. The Labute approximate surface area is 49.9 Å². The van der Waals surface area contributed by atoms with E-state index in [4.69, 9.17) is 0 Å². The first-order chi connectivity index (χ1) is 3.84. The minimum atomic E-state index is 0.204. The van der Waals surface area contributed by atoms with Gasteiger partial charge >= 0.3 is 0 Å². The third-order valence-electron chi connectivity index (χ3n) is 0.715. The van der Waals surface area contributed by atoms with Crippen LogP contribution in [0.1, 0.15) is 5.69 Å². The highest BCUT2D eigenvalue weighted by atomic mass is 32.1. The van der Waals surface area contributed by atoms with Crippen LogP contribution in [0.2, 0.25) is 0 Å². The molecule has 0 aliphatic heterocycles. The van der Waals surface area contributed by atoms with Gasteiger partial charge in [0.2, 0.25) is 5.82 Å². The molecule has 0 amide bonds. The highest BCUT2D eigenvalue weighted by molar-refractivity contribution is 6.99. The first-order valence-corrected chi connectivity index (χ1v) is 2.70. The third kappa shape index (κ3) is 0.717. The predicted molar refractivity (Wildman–Crippen MR) is 30.1 cm³/mol. The molecule has 0 N–H and O–H groups in total. The lowest BCUT2D eigenvalue weighted by atomic mass is 10.5. The number of hydrogen-bond acceptors (Lipinski definition) is 5. The summed E-state index contributed by atoms with van der Waals surface area (Å²) in [6.07, 6.45) is 0. The Balaban J connectivity index is 3.09. The molecule has 0 aliphatic rings. The Kier molecular flexibility index (Phi) is 1.29. The van der Waals surface area contributed by atoms with Crippen LogP contribution >= 0.6 is 11.7 Å². The van der Waals surface area contributed by atoms with Gasteiger partial charge < -0.3 is 0 Å². The average molecular weight is 129 g/mol. The van der Waals surface area contributed by atoms with Crippen LogP contribution in [0.4, 0.5) is 5.82 Å². The van der Waals surface area contributed by atoms with Crippen LogP contribution < -0.4 is 0 Å². The number of aryl methyl sites for hydroxylation is 1. The molecule has 8 heavy (non-hydrogen) atoms. The summed E-state index contributed by atoms with van der Waals surface area (Å²) in [5.41, 5.74) is 0.602. The molecule has 5 heteroatoms. The topological polar surface area (TPSA) is 55.2 Å². The number of rotatable bonds is 1. The number of aromatic nitrogens is 2. The van der Waals surface area contributed by atoms with E-state index in [2.05, 4.69) is 13.9 Å². The first-order valence-electron chi connectivity index (χ1n) is 1.97. The Morgan fingerprint density at radius 2 is 2.38 bits per heavy atom. The lowest BCUT2D eigenvalue weighted by molar-refractivity contribution is 1.27. The van der Waals surface area contributed by atoms with Crippen LogP contribution in [0.5, 0.6) is 0 Å². The fourth-order valence-corrected chi connectivity index (χ4v) is 0.798. The van der Waals surface area contributed by atoms with Gasteiger partial charge in [0, 0.05) is 0 Å². The van der Waals surface area contributed by atoms with E-state index in [0.717, 1.165) is 11.7 Å². The maximum atomic E-state index is 9.74. The molecule has 0 bridgehead atoms. The van der Waals surface area contributed by atoms with E-state index in [9.17, 15) is 4.91 Å². The Hall–Kier alpha value is -0.840. The molecule has 1 heterocycles. The summed E-state index contributed by atoms with van der Waals surface area (Å²) in [5, 5.41) is 2.62. The summed E-state index contributed by atoms with van der Waals surface area (Å²) >= 11 is 0.997. The van der Waals surface area contributed by atoms with Crippen molar-refractivity contribution in [3.05, 3.63) is 10.6 Å². The van der Waals surface area contributed by atoms with Crippen LogP contribution in [-0.2, 0) is 0 Å². The number of hydrogen-bond donors (Lipinski definition) is 0. The minimum Gasteiger partial charge on any atom is -0.176 e. The van der Waals surface area contributed by atoms with Crippen LogP contribution in [0.25, 0.3) is 0 Å². The number of nitrogens with zero attached hydrogens (tertiary/aromatic N) is 3. The second-order valence-electron chi connectivity index (χ2n) is 1.26. The molecule has 0 unspecified atom stereocenters. The maximum absolute atomic E-state index is 9.74. The molecule has 0 fully saturated rings. The van der Waals surface area contributed by atoms with Crippen molar-refractivity contribution in [2.75, 3.05) is 0 Å². The molecule has 0 spiro atoms. The average Bonchev–Trinajstić information content (AvgIpc) is 2.14. The van der Waals surface area contributed by atoms with Gasteiger partial charge in [-0.1, -0.05) is 0 Å². The van der Waals surface area contributed by atoms with Crippen molar-refractivity contribution in [3.63, 3.8) is 0 Å². The SMILES string of the molecule is Cc1nsnc1N=O. The molecular weight excluding hydrogens is 126 g/mol. The fraction of sp³-hybridized carbons (Fsp3) is 0.333. The Morgan fingerprint density at radius 1 is 1.62 bits per heavy atom. The zero-order chi connectivity index (χ0) is 5.98. The summed E-state index contributed by atoms with van der Waals surface area (Å²) in [6, 6.07) is 0. The molecule has 42 valence electrons. The van der Waals surface area contributed by atoms with Crippen LogP contribution in [0.3, 0.4) is 0 Å². The second-order valence-corrected chi connectivity index (χ2v) is 1.79. The summed E-state index contributed by atoms with van der Waals surface area (Å²) < 4.78 is 7.31. The molecule has 0 aromatic carbocycles. The normalized spacial score (nSPS) is 9.12. The van der Waals surface area contributed by atoms with Gasteiger partial charge in [0.25, 0.3) is 0 Å². The second kappa shape index (κ2) is 1.95. The van der Waals surface area contributed by atoms with Crippen LogP contribution in [-0.4, -0.2) is 8.75 Å². The molecule has 0 radical (unpaired) electrons. The smallest absolute Gasteiger partial charge is 0.176 e. The molecule has 1 aromatic heterocycles. The van der Waals surface area contributed by atoms with E-state index in [1.54, 1.807) is 6.92 Å². The van der Waals surface area contributed by atoms with Gasteiger partial charge in [-0.25, -0.2) is 0 Å². The molecular formula is C3H3N3OS. The highest BCUT2D eigenvalue weighted by Crippen LogP contribution is 2.12. The number of nitroso groups, excluding NO2 is 1. The lowest BCUT2D eigenvalue weighted by Gasteiger charge is -1.72. The van der Waals surface area contributed by atoms with E-state index < -0.39 is 0 Å². The zero-order valence-electron chi connectivity index (χ0n) is 4.16. The van der Waals surface area contributed by atoms with Crippen LogP contribution in [0, 0.1) is 11.8 Å². The van der Waals surface area contributed by atoms with Crippen molar-refractivity contribution in [2.24, 2.45) is 5.18 Å². The summed E-state index contributed by atoms with van der Waals surface area (Å²) in [5.74, 6) is 0.204. The van der Waals surface area contributed by atoms with Gasteiger partial charge in [-0.15, -0.1) is 9.28 Å². The Bertz CT molecular complexity index is 196. The first kappa shape index (κ1) is 5.30. The summed E-state index contributed by atoms with van der Waals surface area (Å²) in [6.45, 7) is 1.69. The third-order valence-corrected chi connectivity index (χ3v) is 1.33. The van der Waals surface area contributed by atoms with Gasteiger partial charge in [0.15, 0.2) is 0 Å². The van der Waals surface area contributed by atoms with Crippen molar-refractivity contribution < 1.29 is 0 Å². The van der Waals surface area contributed by atoms with Crippen molar-refractivity contribution in [1.29, 1.82) is 0 Å². The van der Waals surface area contributed by atoms with Crippen molar-refractivity contribution in [1.82, 2.24) is 8.75 Å². The fourth-order valence-electron chi connectivity index (χ4n) is 0.310. The van der Waals surface area contributed by atoms with Crippen molar-refractivity contribution >= 4 is 17.5 Å². The highest BCUT2D eigenvalue weighted by Gasteiger charge is 1.99. The van der Waals surface area contributed by atoms with Gasteiger partial charge in [0.1, 0.15) is 5.69 Å². The molecule has 0 atom stereocenters. The summed E-state index contributed by atoms with van der Waals surface area (Å²) in [4.78, 5) is 9.74. The maximum Gasteiger partial charge on any atom is 0.232 e. The van der Waals surface area contributed by atoms with Gasteiger partial charge in [-0.3, -0.25) is 0 Å².